The van der Waals surface area contributed by atoms with Crippen molar-refractivity contribution in [3.8, 4) is 11.8 Å². The average molecular weight is 447 g/mol. The Morgan fingerprint density at radius 2 is 1.86 bits per heavy atom. The average Bonchev–Trinajstić information content (AvgIpc) is 2.71. The molecule has 0 aliphatic carbocycles. The minimum Gasteiger partial charge on any atom is -0.489 e. The van der Waals surface area contributed by atoms with Gasteiger partial charge in [0, 0.05) is 10.2 Å². The van der Waals surface area contributed by atoms with Gasteiger partial charge in [-0.1, -0.05) is 64.0 Å². The second-order valence-electron chi connectivity index (χ2n) is 6.48. The van der Waals surface area contributed by atoms with E-state index >= 15 is 0 Å². The van der Waals surface area contributed by atoms with E-state index < -0.39 is 5.91 Å². The number of hydrogen-bond donors (Lipinski definition) is 1. The summed E-state index contributed by atoms with van der Waals surface area (Å²) in [5.74, 6) is 0.270. The lowest BCUT2D eigenvalue weighted by Crippen LogP contribution is -2.13. The summed E-state index contributed by atoms with van der Waals surface area (Å²) in [5, 5.41) is 12.1. The summed E-state index contributed by atoms with van der Waals surface area (Å²) in [6, 6.07) is 24.6. The molecule has 0 spiro atoms. The molecule has 0 unspecified atom stereocenters. The molecule has 0 saturated heterocycles. The number of amides is 1. The zero-order valence-electron chi connectivity index (χ0n) is 15.9. The van der Waals surface area contributed by atoms with Crippen molar-refractivity contribution >= 4 is 33.6 Å². The summed E-state index contributed by atoms with van der Waals surface area (Å²) in [4.78, 5) is 12.4. The van der Waals surface area contributed by atoms with E-state index in [1.165, 1.54) is 5.56 Å². The Balaban J connectivity index is 1.65. The van der Waals surface area contributed by atoms with Crippen molar-refractivity contribution in [3.05, 3.63) is 99.5 Å². The lowest BCUT2D eigenvalue weighted by molar-refractivity contribution is -0.112. The second-order valence-corrected chi connectivity index (χ2v) is 7.40. The van der Waals surface area contributed by atoms with Crippen LogP contribution in [-0.2, 0) is 11.4 Å². The third-order valence-corrected chi connectivity index (χ3v) is 4.62. The lowest BCUT2D eigenvalue weighted by atomic mass is 10.1. The Morgan fingerprint density at radius 3 is 2.55 bits per heavy atom. The van der Waals surface area contributed by atoms with Crippen LogP contribution in [0.1, 0.15) is 16.7 Å². The van der Waals surface area contributed by atoms with Crippen molar-refractivity contribution in [2.45, 2.75) is 13.5 Å². The summed E-state index contributed by atoms with van der Waals surface area (Å²) in [7, 11) is 0. The van der Waals surface area contributed by atoms with Crippen molar-refractivity contribution in [1.29, 1.82) is 5.26 Å². The van der Waals surface area contributed by atoms with Crippen LogP contribution in [0.3, 0.4) is 0 Å². The number of nitriles is 1. The molecule has 3 rings (SSSR count). The highest BCUT2D eigenvalue weighted by Crippen LogP contribution is 2.19. The molecular weight excluding hydrogens is 428 g/mol. The predicted octanol–water partition coefficient (Wildman–Crippen LogP) is 5.88. The molecule has 0 aliphatic heterocycles. The van der Waals surface area contributed by atoms with Gasteiger partial charge in [-0.25, -0.2) is 0 Å². The van der Waals surface area contributed by atoms with Crippen LogP contribution >= 0.6 is 15.9 Å². The largest absolute Gasteiger partial charge is 0.489 e. The van der Waals surface area contributed by atoms with Gasteiger partial charge >= 0.3 is 0 Å². The molecule has 5 heteroatoms. The van der Waals surface area contributed by atoms with Gasteiger partial charge in [0.2, 0.25) is 0 Å². The standard InChI is InChI=1S/C24H19BrN2O2/c1-17-4-2-5-19(12-17)16-29-23-10-8-18(9-11-23)13-20(15-26)24(28)27-22-7-3-6-21(25)14-22/h2-14H,16H2,1H3,(H,27,28)/b20-13-. The molecule has 0 fully saturated rings. The number of hydrogen-bond acceptors (Lipinski definition) is 3. The van der Waals surface area contributed by atoms with Gasteiger partial charge in [0.1, 0.15) is 24.0 Å². The van der Waals surface area contributed by atoms with Crippen molar-refractivity contribution in [2.24, 2.45) is 0 Å². The molecule has 0 heterocycles. The fourth-order valence-corrected chi connectivity index (χ4v) is 3.11. The molecule has 3 aromatic rings. The van der Waals surface area contributed by atoms with Crippen LogP contribution in [0.2, 0.25) is 0 Å². The Labute approximate surface area is 178 Å². The fraction of sp³-hybridized carbons (Fsp3) is 0.0833. The highest BCUT2D eigenvalue weighted by molar-refractivity contribution is 9.10. The van der Waals surface area contributed by atoms with Gasteiger partial charge in [0.25, 0.3) is 5.91 Å². The molecule has 0 atom stereocenters. The molecule has 144 valence electrons. The first-order valence-electron chi connectivity index (χ1n) is 9.00. The van der Waals surface area contributed by atoms with Gasteiger partial charge in [0.05, 0.1) is 0 Å². The fourth-order valence-electron chi connectivity index (χ4n) is 2.71. The molecule has 4 nitrogen and oxygen atoms in total. The highest BCUT2D eigenvalue weighted by Gasteiger charge is 2.10. The summed E-state index contributed by atoms with van der Waals surface area (Å²) in [6.45, 7) is 2.53. The van der Waals surface area contributed by atoms with Crippen LogP contribution in [0.4, 0.5) is 5.69 Å². The van der Waals surface area contributed by atoms with E-state index in [0.717, 1.165) is 21.3 Å². The summed E-state index contributed by atoms with van der Waals surface area (Å²) in [5.41, 5.74) is 3.68. The molecule has 29 heavy (non-hydrogen) atoms. The SMILES string of the molecule is Cc1cccc(COc2ccc(/C=C(/C#N)C(=O)Nc3cccc(Br)c3)cc2)c1. The number of anilines is 1. The first-order valence-corrected chi connectivity index (χ1v) is 9.80. The number of halogens is 1. The van der Waals surface area contributed by atoms with Gasteiger partial charge in [-0.2, -0.15) is 5.26 Å². The molecule has 1 amide bonds. The molecule has 0 bridgehead atoms. The van der Waals surface area contributed by atoms with E-state index in [1.54, 1.807) is 18.2 Å². The number of rotatable bonds is 6. The Morgan fingerprint density at radius 1 is 1.10 bits per heavy atom. The molecule has 0 aliphatic rings. The van der Waals surface area contributed by atoms with Crippen molar-refractivity contribution in [3.63, 3.8) is 0 Å². The number of benzene rings is 3. The molecule has 3 aromatic carbocycles. The molecule has 0 saturated carbocycles. The maximum Gasteiger partial charge on any atom is 0.266 e. The Bertz CT molecular complexity index is 1080. The third-order valence-electron chi connectivity index (χ3n) is 4.13. The Kier molecular flexibility index (Phi) is 6.83. The maximum atomic E-state index is 12.4. The smallest absolute Gasteiger partial charge is 0.266 e. The monoisotopic (exact) mass is 446 g/mol. The van der Waals surface area contributed by atoms with Crippen molar-refractivity contribution < 1.29 is 9.53 Å². The highest BCUT2D eigenvalue weighted by atomic mass is 79.9. The van der Waals surface area contributed by atoms with Crippen LogP contribution in [0.25, 0.3) is 6.08 Å². The molecule has 0 radical (unpaired) electrons. The third kappa shape index (κ3) is 6.06. The minimum atomic E-state index is -0.453. The predicted molar refractivity (Wildman–Crippen MR) is 118 cm³/mol. The van der Waals surface area contributed by atoms with Gasteiger partial charge in [-0.05, 0) is 54.5 Å². The number of aryl methyl sites for hydroxylation is 1. The van der Waals surface area contributed by atoms with E-state index in [4.69, 9.17) is 4.74 Å². The van der Waals surface area contributed by atoms with Crippen LogP contribution in [0, 0.1) is 18.3 Å². The van der Waals surface area contributed by atoms with Crippen molar-refractivity contribution in [2.75, 3.05) is 5.32 Å². The van der Waals surface area contributed by atoms with Crippen LogP contribution in [-0.4, -0.2) is 5.91 Å². The first-order chi connectivity index (χ1) is 14.0. The quantitative estimate of drug-likeness (QED) is 0.379. The maximum absolute atomic E-state index is 12.4. The zero-order chi connectivity index (χ0) is 20.6. The minimum absolute atomic E-state index is 0.0263. The number of carbonyl (C=O) groups excluding carboxylic acids is 1. The molecular formula is C24H19BrN2O2. The van der Waals surface area contributed by atoms with Gasteiger partial charge in [0.15, 0.2) is 0 Å². The van der Waals surface area contributed by atoms with Crippen LogP contribution in [0.5, 0.6) is 5.75 Å². The van der Waals surface area contributed by atoms with Crippen molar-refractivity contribution in [1.82, 2.24) is 0 Å². The number of nitrogens with zero attached hydrogens (tertiary/aromatic N) is 1. The zero-order valence-corrected chi connectivity index (χ0v) is 17.4. The van der Waals surface area contributed by atoms with Gasteiger partial charge in [-0.15, -0.1) is 0 Å². The van der Waals surface area contributed by atoms with E-state index in [1.807, 2.05) is 67.6 Å². The summed E-state index contributed by atoms with van der Waals surface area (Å²) >= 11 is 3.35. The number of ether oxygens (including phenoxy) is 1. The second kappa shape index (κ2) is 9.72. The molecule has 0 aromatic heterocycles. The first kappa shape index (κ1) is 20.4. The van der Waals surface area contributed by atoms with Crippen LogP contribution < -0.4 is 10.1 Å². The number of carbonyl (C=O) groups is 1. The van der Waals surface area contributed by atoms with E-state index in [9.17, 15) is 10.1 Å². The van der Waals surface area contributed by atoms with E-state index in [2.05, 4.69) is 27.3 Å². The normalized spacial score (nSPS) is 10.9. The summed E-state index contributed by atoms with van der Waals surface area (Å²) in [6.07, 6.45) is 1.55. The molecule has 1 N–H and O–H groups in total. The van der Waals surface area contributed by atoms with Gasteiger partial charge < -0.3 is 10.1 Å². The topological polar surface area (TPSA) is 62.1 Å². The Hall–Kier alpha value is -3.36. The number of nitrogens with one attached hydrogen (secondary N) is 1. The van der Waals surface area contributed by atoms with E-state index in [-0.39, 0.29) is 5.57 Å². The summed E-state index contributed by atoms with van der Waals surface area (Å²) < 4.78 is 6.65. The van der Waals surface area contributed by atoms with Gasteiger partial charge in [-0.3, -0.25) is 4.79 Å². The van der Waals surface area contributed by atoms with E-state index in [0.29, 0.717) is 12.3 Å². The lowest BCUT2D eigenvalue weighted by Gasteiger charge is -2.07. The van der Waals surface area contributed by atoms with Crippen LogP contribution in [0.15, 0.2) is 82.8 Å².